The fraction of sp³-hybridized carbons (Fsp3) is 0.722. The quantitative estimate of drug-likeness (QED) is 0.812. The van der Waals surface area contributed by atoms with E-state index in [-0.39, 0.29) is 5.91 Å². The minimum atomic E-state index is -0.396. The summed E-state index contributed by atoms with van der Waals surface area (Å²) >= 11 is 0. The highest BCUT2D eigenvalue weighted by molar-refractivity contribution is 5.93. The fourth-order valence-corrected chi connectivity index (χ4v) is 3.87. The molecular formula is C18H26N4O3. The molecule has 1 aromatic rings. The fourth-order valence-electron chi connectivity index (χ4n) is 3.87. The van der Waals surface area contributed by atoms with Crippen molar-refractivity contribution in [3.05, 3.63) is 18.1 Å². The van der Waals surface area contributed by atoms with E-state index in [4.69, 9.17) is 9.47 Å². The van der Waals surface area contributed by atoms with Gasteiger partial charge in [0.05, 0.1) is 13.2 Å². The lowest BCUT2D eigenvalue weighted by Crippen LogP contribution is -2.45. The molecule has 3 saturated heterocycles. The molecule has 1 spiro atoms. The third-order valence-corrected chi connectivity index (χ3v) is 5.61. The minimum absolute atomic E-state index is 0.0199. The second kappa shape index (κ2) is 6.88. The minimum Gasteiger partial charge on any atom is -0.356 e. The van der Waals surface area contributed by atoms with Gasteiger partial charge in [-0.15, -0.1) is 0 Å². The topological polar surface area (TPSA) is 67.8 Å². The average molecular weight is 346 g/mol. The number of ether oxygens (including phenoxy) is 2. The monoisotopic (exact) mass is 346 g/mol. The Labute approximate surface area is 148 Å². The third-order valence-electron chi connectivity index (χ3n) is 5.61. The second-order valence-electron chi connectivity index (χ2n) is 7.33. The number of likely N-dealkylation sites (tertiary alicyclic amines) is 1. The van der Waals surface area contributed by atoms with Gasteiger partial charge in [0.25, 0.3) is 5.91 Å². The van der Waals surface area contributed by atoms with Gasteiger partial charge in [-0.25, -0.2) is 9.97 Å². The molecule has 0 N–H and O–H groups in total. The first kappa shape index (κ1) is 16.7. The van der Waals surface area contributed by atoms with E-state index in [0.717, 1.165) is 57.7 Å². The molecule has 3 fully saturated rings. The predicted octanol–water partition coefficient (Wildman–Crippen LogP) is 1.69. The van der Waals surface area contributed by atoms with Crippen LogP contribution in [-0.4, -0.2) is 66.0 Å². The number of carbonyl (C=O) groups is 1. The molecule has 0 aliphatic carbocycles. The molecule has 3 aliphatic heterocycles. The van der Waals surface area contributed by atoms with Crippen LogP contribution >= 0.6 is 0 Å². The number of amides is 1. The van der Waals surface area contributed by atoms with Gasteiger partial charge in [0.1, 0.15) is 17.8 Å². The van der Waals surface area contributed by atoms with Crippen molar-refractivity contribution in [3.63, 3.8) is 0 Å². The van der Waals surface area contributed by atoms with E-state index in [9.17, 15) is 4.79 Å². The van der Waals surface area contributed by atoms with Gasteiger partial charge in [-0.05, 0) is 18.8 Å². The van der Waals surface area contributed by atoms with Gasteiger partial charge in [-0.2, -0.15) is 0 Å². The van der Waals surface area contributed by atoms with E-state index in [1.165, 1.54) is 6.33 Å². The smallest absolute Gasteiger partial charge is 0.272 e. The van der Waals surface area contributed by atoms with Crippen molar-refractivity contribution in [2.75, 3.05) is 44.3 Å². The summed E-state index contributed by atoms with van der Waals surface area (Å²) in [5, 5.41) is 0. The molecule has 0 radical (unpaired) electrons. The summed E-state index contributed by atoms with van der Waals surface area (Å²) in [5.41, 5.74) is 0.494. The molecule has 4 heterocycles. The van der Waals surface area contributed by atoms with E-state index < -0.39 is 5.79 Å². The first-order valence-electron chi connectivity index (χ1n) is 9.29. The predicted molar refractivity (Wildman–Crippen MR) is 92.4 cm³/mol. The van der Waals surface area contributed by atoms with Crippen LogP contribution in [0.25, 0.3) is 0 Å². The van der Waals surface area contributed by atoms with Crippen LogP contribution < -0.4 is 4.90 Å². The highest BCUT2D eigenvalue weighted by atomic mass is 16.7. The summed E-state index contributed by atoms with van der Waals surface area (Å²) < 4.78 is 11.5. The highest BCUT2D eigenvalue weighted by Gasteiger charge is 2.40. The first-order chi connectivity index (χ1) is 12.2. The van der Waals surface area contributed by atoms with Crippen LogP contribution in [0.3, 0.4) is 0 Å². The van der Waals surface area contributed by atoms with Gasteiger partial charge in [0.2, 0.25) is 0 Å². The van der Waals surface area contributed by atoms with Crippen LogP contribution in [0.15, 0.2) is 12.4 Å². The van der Waals surface area contributed by atoms with E-state index in [1.807, 2.05) is 11.0 Å². The molecular weight excluding hydrogens is 320 g/mol. The maximum Gasteiger partial charge on any atom is 0.272 e. The molecule has 7 nitrogen and oxygen atoms in total. The molecule has 25 heavy (non-hydrogen) atoms. The Morgan fingerprint density at radius 3 is 2.48 bits per heavy atom. The molecule has 7 heteroatoms. The summed E-state index contributed by atoms with van der Waals surface area (Å²) in [6.07, 6.45) is 5.28. The molecule has 0 saturated carbocycles. The van der Waals surface area contributed by atoms with Crippen molar-refractivity contribution >= 4 is 11.7 Å². The zero-order valence-corrected chi connectivity index (χ0v) is 14.8. The Balaban J connectivity index is 1.42. The Morgan fingerprint density at radius 1 is 1.12 bits per heavy atom. The Morgan fingerprint density at radius 2 is 1.80 bits per heavy atom. The second-order valence-corrected chi connectivity index (χ2v) is 7.33. The van der Waals surface area contributed by atoms with Crippen molar-refractivity contribution in [1.82, 2.24) is 14.9 Å². The molecule has 0 unspecified atom stereocenters. The summed E-state index contributed by atoms with van der Waals surface area (Å²) in [7, 11) is 0. The van der Waals surface area contributed by atoms with Crippen molar-refractivity contribution in [3.8, 4) is 0 Å². The lowest BCUT2D eigenvalue weighted by molar-refractivity contribution is -0.169. The number of piperidine rings is 2. The number of hydrogen-bond donors (Lipinski definition) is 0. The molecule has 0 bridgehead atoms. The molecule has 4 rings (SSSR count). The highest BCUT2D eigenvalue weighted by Crippen LogP contribution is 2.32. The first-order valence-corrected chi connectivity index (χ1v) is 9.29. The zero-order chi connectivity index (χ0) is 17.3. The lowest BCUT2D eigenvalue weighted by Gasteiger charge is -2.38. The van der Waals surface area contributed by atoms with Gasteiger partial charge in [0, 0.05) is 45.1 Å². The number of aromatic nitrogens is 2. The Kier molecular flexibility index (Phi) is 4.60. The van der Waals surface area contributed by atoms with Crippen LogP contribution in [-0.2, 0) is 9.47 Å². The zero-order valence-electron chi connectivity index (χ0n) is 14.8. The van der Waals surface area contributed by atoms with Gasteiger partial charge in [0.15, 0.2) is 5.79 Å². The number of carbonyl (C=O) groups excluding carboxylic acids is 1. The summed E-state index contributed by atoms with van der Waals surface area (Å²) in [5.74, 6) is 1.14. The number of nitrogens with zero attached hydrogens (tertiary/aromatic N) is 4. The molecule has 0 atom stereocenters. The Bertz CT molecular complexity index is 615. The van der Waals surface area contributed by atoms with Crippen molar-refractivity contribution < 1.29 is 14.3 Å². The molecule has 1 aromatic heterocycles. The van der Waals surface area contributed by atoms with Gasteiger partial charge in [-0.3, -0.25) is 4.79 Å². The van der Waals surface area contributed by atoms with Crippen LogP contribution in [0.5, 0.6) is 0 Å². The van der Waals surface area contributed by atoms with Crippen LogP contribution in [0, 0.1) is 5.92 Å². The molecule has 1 amide bonds. The SMILES string of the molecule is CC1CCN(C(=O)c2cc(N3CCC4(CC3)OCCO4)ncn2)CC1. The number of hydrogen-bond acceptors (Lipinski definition) is 6. The van der Waals surface area contributed by atoms with Crippen LogP contribution in [0.2, 0.25) is 0 Å². The van der Waals surface area contributed by atoms with Crippen LogP contribution in [0.1, 0.15) is 43.1 Å². The van der Waals surface area contributed by atoms with Gasteiger partial charge < -0.3 is 19.3 Å². The largest absolute Gasteiger partial charge is 0.356 e. The van der Waals surface area contributed by atoms with E-state index in [1.54, 1.807) is 0 Å². The number of anilines is 1. The maximum atomic E-state index is 12.7. The van der Waals surface area contributed by atoms with E-state index >= 15 is 0 Å². The standard InChI is InChI=1S/C18H26N4O3/c1-14-2-6-22(7-3-14)17(23)15-12-16(20-13-19-15)21-8-4-18(5-9-21)24-10-11-25-18/h12-14H,2-11H2,1H3. The molecule has 0 aromatic carbocycles. The summed E-state index contributed by atoms with van der Waals surface area (Å²) in [6, 6.07) is 1.83. The average Bonchev–Trinajstić information content (AvgIpc) is 3.10. The van der Waals surface area contributed by atoms with Crippen LogP contribution in [0.4, 0.5) is 5.82 Å². The van der Waals surface area contributed by atoms with Crippen molar-refractivity contribution in [2.45, 2.75) is 38.4 Å². The summed E-state index contributed by atoms with van der Waals surface area (Å²) in [6.45, 7) is 6.87. The normalized spacial score (nSPS) is 24.0. The maximum absolute atomic E-state index is 12.7. The lowest BCUT2D eigenvalue weighted by atomic mass is 9.99. The van der Waals surface area contributed by atoms with E-state index in [2.05, 4.69) is 21.8 Å². The molecule has 3 aliphatic rings. The molecule has 136 valence electrons. The third kappa shape index (κ3) is 3.48. The van der Waals surface area contributed by atoms with Crippen molar-refractivity contribution in [2.24, 2.45) is 5.92 Å². The van der Waals surface area contributed by atoms with E-state index in [0.29, 0.717) is 24.8 Å². The number of rotatable bonds is 2. The van der Waals surface area contributed by atoms with Gasteiger partial charge >= 0.3 is 0 Å². The van der Waals surface area contributed by atoms with Crippen molar-refractivity contribution in [1.29, 1.82) is 0 Å². The summed E-state index contributed by atoms with van der Waals surface area (Å²) in [4.78, 5) is 25.4. The Hall–Kier alpha value is -1.73. The van der Waals surface area contributed by atoms with Gasteiger partial charge in [-0.1, -0.05) is 6.92 Å².